The van der Waals surface area contributed by atoms with Gasteiger partial charge >= 0.3 is 0 Å². The van der Waals surface area contributed by atoms with Gasteiger partial charge in [0.05, 0.1) is 0 Å². The summed E-state index contributed by atoms with van der Waals surface area (Å²) in [5, 5.41) is 10.4. The summed E-state index contributed by atoms with van der Waals surface area (Å²) in [5.41, 5.74) is 3.60. The van der Waals surface area contributed by atoms with E-state index in [0.717, 1.165) is 33.9 Å². The first-order valence-corrected chi connectivity index (χ1v) is 8.91. The fourth-order valence-electron chi connectivity index (χ4n) is 2.33. The number of aromatic nitrogens is 3. The molecule has 3 nitrogen and oxygen atoms in total. The summed E-state index contributed by atoms with van der Waals surface area (Å²) in [6, 6.07) is 16.3. The second kappa shape index (κ2) is 7.20. The number of aryl methyl sites for hydroxylation is 1. The molecule has 23 heavy (non-hydrogen) atoms. The summed E-state index contributed by atoms with van der Waals surface area (Å²) >= 11 is 7.67. The number of hydrogen-bond acceptors (Lipinski definition) is 3. The van der Waals surface area contributed by atoms with Gasteiger partial charge in [-0.3, -0.25) is 0 Å². The van der Waals surface area contributed by atoms with Crippen LogP contribution in [0.2, 0.25) is 5.02 Å². The number of halogens is 1. The van der Waals surface area contributed by atoms with E-state index in [1.54, 1.807) is 11.8 Å². The van der Waals surface area contributed by atoms with Crippen LogP contribution in [-0.4, -0.2) is 14.8 Å². The molecule has 5 heteroatoms. The topological polar surface area (TPSA) is 30.7 Å². The number of nitrogens with zero attached hydrogens (tertiary/aromatic N) is 3. The van der Waals surface area contributed by atoms with Gasteiger partial charge in [0.2, 0.25) is 0 Å². The van der Waals surface area contributed by atoms with Gasteiger partial charge in [-0.15, -0.1) is 10.2 Å². The zero-order valence-electron chi connectivity index (χ0n) is 13.2. The SMILES string of the molecule is CCn1c(SCc2ccc(C)cc2)nnc1-c1ccc(Cl)cc1. The maximum atomic E-state index is 5.96. The summed E-state index contributed by atoms with van der Waals surface area (Å²) in [6.07, 6.45) is 0. The van der Waals surface area contributed by atoms with E-state index >= 15 is 0 Å². The highest BCUT2D eigenvalue weighted by Crippen LogP contribution is 2.27. The van der Waals surface area contributed by atoms with Crippen molar-refractivity contribution < 1.29 is 0 Å². The molecular formula is C18H18ClN3S. The molecule has 0 atom stereocenters. The van der Waals surface area contributed by atoms with Gasteiger partial charge in [0.25, 0.3) is 0 Å². The predicted octanol–water partition coefficient (Wildman–Crippen LogP) is 5.22. The Morgan fingerprint density at radius 1 is 1.00 bits per heavy atom. The molecule has 2 aromatic carbocycles. The lowest BCUT2D eigenvalue weighted by Crippen LogP contribution is -1.99. The van der Waals surface area contributed by atoms with Gasteiger partial charge < -0.3 is 4.57 Å². The maximum Gasteiger partial charge on any atom is 0.191 e. The largest absolute Gasteiger partial charge is 0.302 e. The van der Waals surface area contributed by atoms with E-state index in [0.29, 0.717) is 0 Å². The van der Waals surface area contributed by atoms with Gasteiger partial charge in [-0.05, 0) is 43.7 Å². The van der Waals surface area contributed by atoms with Gasteiger partial charge in [-0.25, -0.2) is 0 Å². The normalized spacial score (nSPS) is 10.9. The quantitative estimate of drug-likeness (QED) is 0.595. The van der Waals surface area contributed by atoms with Crippen LogP contribution in [0, 0.1) is 6.92 Å². The number of rotatable bonds is 5. The first-order valence-electron chi connectivity index (χ1n) is 7.55. The molecule has 0 aliphatic heterocycles. The van der Waals surface area contributed by atoms with E-state index in [1.807, 2.05) is 24.3 Å². The van der Waals surface area contributed by atoms with Crippen LogP contribution in [0.15, 0.2) is 53.7 Å². The van der Waals surface area contributed by atoms with Gasteiger partial charge in [-0.1, -0.05) is 53.2 Å². The van der Waals surface area contributed by atoms with Gasteiger partial charge in [-0.2, -0.15) is 0 Å². The minimum Gasteiger partial charge on any atom is -0.302 e. The third-order valence-corrected chi connectivity index (χ3v) is 4.91. The van der Waals surface area contributed by atoms with Crippen LogP contribution < -0.4 is 0 Å². The van der Waals surface area contributed by atoms with Crippen molar-refractivity contribution in [3.63, 3.8) is 0 Å². The number of benzene rings is 2. The standard InChI is InChI=1S/C18H18ClN3S/c1-3-22-17(15-8-10-16(19)11-9-15)20-21-18(22)23-12-14-6-4-13(2)5-7-14/h4-11H,3,12H2,1-2H3. The molecule has 118 valence electrons. The van der Waals surface area contributed by atoms with Gasteiger partial charge in [0, 0.05) is 22.9 Å². The van der Waals surface area contributed by atoms with Crippen LogP contribution in [0.4, 0.5) is 0 Å². The molecule has 3 rings (SSSR count). The minimum absolute atomic E-state index is 0.727. The van der Waals surface area contributed by atoms with E-state index in [4.69, 9.17) is 11.6 Å². The summed E-state index contributed by atoms with van der Waals surface area (Å²) in [7, 11) is 0. The van der Waals surface area contributed by atoms with E-state index in [-0.39, 0.29) is 0 Å². The first-order chi connectivity index (χ1) is 11.2. The summed E-state index contributed by atoms with van der Waals surface area (Å²) in [5.74, 6) is 1.77. The lowest BCUT2D eigenvalue weighted by molar-refractivity contribution is 0.687. The zero-order chi connectivity index (χ0) is 16.2. The van der Waals surface area contributed by atoms with Crippen molar-refractivity contribution in [3.05, 3.63) is 64.7 Å². The molecule has 1 aromatic heterocycles. The van der Waals surface area contributed by atoms with Crippen molar-refractivity contribution in [2.75, 3.05) is 0 Å². The van der Waals surface area contributed by atoms with Crippen LogP contribution in [-0.2, 0) is 12.3 Å². The van der Waals surface area contributed by atoms with Crippen molar-refractivity contribution in [1.29, 1.82) is 0 Å². The highest BCUT2D eigenvalue weighted by atomic mass is 35.5. The smallest absolute Gasteiger partial charge is 0.191 e. The Labute approximate surface area is 145 Å². The lowest BCUT2D eigenvalue weighted by Gasteiger charge is -2.07. The molecule has 0 saturated heterocycles. The van der Waals surface area contributed by atoms with Crippen LogP contribution in [0.25, 0.3) is 11.4 Å². The molecule has 1 heterocycles. The average Bonchev–Trinajstić information content (AvgIpc) is 2.98. The second-order valence-corrected chi connectivity index (χ2v) is 6.71. The van der Waals surface area contributed by atoms with Crippen molar-refractivity contribution in [2.45, 2.75) is 31.3 Å². The Kier molecular flexibility index (Phi) is 5.03. The van der Waals surface area contributed by atoms with Crippen LogP contribution in [0.3, 0.4) is 0 Å². The van der Waals surface area contributed by atoms with Gasteiger partial charge in [0.15, 0.2) is 11.0 Å². The molecule has 0 unspecified atom stereocenters. The van der Waals surface area contributed by atoms with Crippen molar-refractivity contribution in [1.82, 2.24) is 14.8 Å². The molecule has 0 fully saturated rings. The first kappa shape index (κ1) is 16.1. The predicted molar refractivity (Wildman–Crippen MR) is 96.9 cm³/mol. The fraction of sp³-hybridized carbons (Fsp3) is 0.222. The third kappa shape index (κ3) is 3.77. The molecule has 3 aromatic rings. The highest BCUT2D eigenvalue weighted by Gasteiger charge is 2.13. The third-order valence-electron chi connectivity index (χ3n) is 3.62. The Morgan fingerprint density at radius 3 is 2.35 bits per heavy atom. The average molecular weight is 344 g/mol. The molecular weight excluding hydrogens is 326 g/mol. The summed E-state index contributed by atoms with van der Waals surface area (Å²) in [4.78, 5) is 0. The van der Waals surface area contributed by atoms with E-state index in [2.05, 4.69) is 52.9 Å². The molecule has 0 N–H and O–H groups in total. The molecule has 0 saturated carbocycles. The van der Waals surface area contributed by atoms with Crippen LogP contribution in [0.5, 0.6) is 0 Å². The Hall–Kier alpha value is -1.78. The maximum absolute atomic E-state index is 5.96. The Bertz CT molecular complexity index is 779. The van der Waals surface area contributed by atoms with Crippen LogP contribution in [0.1, 0.15) is 18.1 Å². The molecule has 0 spiro atoms. The summed E-state index contributed by atoms with van der Waals surface area (Å²) in [6.45, 7) is 5.04. The van der Waals surface area contributed by atoms with E-state index in [1.165, 1.54) is 11.1 Å². The van der Waals surface area contributed by atoms with Crippen molar-refractivity contribution in [2.24, 2.45) is 0 Å². The summed E-state index contributed by atoms with van der Waals surface area (Å²) < 4.78 is 2.14. The van der Waals surface area contributed by atoms with E-state index < -0.39 is 0 Å². The molecule has 0 aliphatic rings. The Balaban J connectivity index is 1.80. The molecule has 0 radical (unpaired) electrons. The second-order valence-electron chi connectivity index (χ2n) is 5.33. The number of hydrogen-bond donors (Lipinski definition) is 0. The molecule has 0 bridgehead atoms. The zero-order valence-corrected chi connectivity index (χ0v) is 14.7. The molecule has 0 amide bonds. The van der Waals surface area contributed by atoms with Crippen LogP contribution >= 0.6 is 23.4 Å². The Morgan fingerprint density at radius 2 is 1.70 bits per heavy atom. The van der Waals surface area contributed by atoms with E-state index in [9.17, 15) is 0 Å². The lowest BCUT2D eigenvalue weighted by atomic mass is 10.2. The fourth-order valence-corrected chi connectivity index (χ4v) is 3.41. The van der Waals surface area contributed by atoms with Crippen molar-refractivity contribution in [3.8, 4) is 11.4 Å². The minimum atomic E-state index is 0.727. The van der Waals surface area contributed by atoms with Gasteiger partial charge in [0.1, 0.15) is 0 Å². The number of thioether (sulfide) groups is 1. The monoisotopic (exact) mass is 343 g/mol. The van der Waals surface area contributed by atoms with Crippen molar-refractivity contribution >= 4 is 23.4 Å². The highest BCUT2D eigenvalue weighted by molar-refractivity contribution is 7.98. The molecule has 0 aliphatic carbocycles.